The highest BCUT2D eigenvalue weighted by Gasteiger charge is 2.31. The van der Waals surface area contributed by atoms with Crippen LogP contribution in [0.15, 0.2) is 12.7 Å². The molecule has 0 aromatic heterocycles. The summed E-state index contributed by atoms with van der Waals surface area (Å²) in [6.45, 7) is 6.71. The Hall–Kier alpha value is -1.23. The van der Waals surface area contributed by atoms with Crippen molar-refractivity contribution >= 4 is 23.7 Å². The molecule has 0 amide bonds. The predicted molar refractivity (Wildman–Crippen MR) is 63.0 cm³/mol. The lowest BCUT2D eigenvalue weighted by molar-refractivity contribution is -0.155. The Morgan fingerprint density at radius 3 is 2.47 bits per heavy atom. The van der Waals surface area contributed by atoms with E-state index in [-0.39, 0.29) is 25.7 Å². The minimum atomic E-state index is -0.928. The van der Waals surface area contributed by atoms with Crippen LogP contribution in [0.3, 0.4) is 0 Å². The summed E-state index contributed by atoms with van der Waals surface area (Å²) in [5, 5.41) is 0. The number of carbonyl (C=O) groups is 2. The fourth-order valence-corrected chi connectivity index (χ4v) is 0.869. The molecule has 0 radical (unpaired) electrons. The van der Waals surface area contributed by atoms with Crippen LogP contribution in [0.4, 0.5) is 4.79 Å². The first-order chi connectivity index (χ1) is 7.94. The number of carbonyl (C=O) groups excluding carboxylic acids is 2. The number of halogens is 1. The van der Waals surface area contributed by atoms with Crippen molar-refractivity contribution in [2.45, 2.75) is 13.8 Å². The van der Waals surface area contributed by atoms with Gasteiger partial charge in [0.25, 0.3) is 0 Å². The molecule has 6 heteroatoms. The number of hydrogen-bond donors (Lipinski definition) is 0. The number of alkyl halides is 1. The summed E-state index contributed by atoms with van der Waals surface area (Å²) in [4.78, 5) is 22.5. The van der Waals surface area contributed by atoms with E-state index in [0.29, 0.717) is 0 Å². The minimum absolute atomic E-state index is 0.0712. The van der Waals surface area contributed by atoms with Crippen LogP contribution in [-0.4, -0.2) is 37.8 Å². The molecule has 0 spiro atoms. The summed E-state index contributed by atoms with van der Waals surface area (Å²) < 4.78 is 14.2. The predicted octanol–water partition coefficient (Wildman–Crippen LogP) is 2.13. The molecule has 0 unspecified atom stereocenters. The lowest BCUT2D eigenvalue weighted by Crippen LogP contribution is -2.33. The molecule has 0 heterocycles. The van der Waals surface area contributed by atoms with Gasteiger partial charge in [0.2, 0.25) is 0 Å². The van der Waals surface area contributed by atoms with Gasteiger partial charge in [-0.2, -0.15) is 0 Å². The summed E-state index contributed by atoms with van der Waals surface area (Å²) in [7, 11) is 0. The first-order valence-electron chi connectivity index (χ1n) is 5.07. The molecule has 0 aliphatic carbocycles. The molecule has 0 aliphatic heterocycles. The van der Waals surface area contributed by atoms with Crippen molar-refractivity contribution in [2.24, 2.45) is 5.41 Å². The van der Waals surface area contributed by atoms with Crippen LogP contribution in [-0.2, 0) is 19.0 Å². The van der Waals surface area contributed by atoms with Gasteiger partial charge in [-0.05, 0) is 13.8 Å². The number of esters is 1. The average molecular weight is 265 g/mol. The van der Waals surface area contributed by atoms with Gasteiger partial charge in [0.1, 0.15) is 19.8 Å². The Morgan fingerprint density at radius 1 is 1.29 bits per heavy atom. The van der Waals surface area contributed by atoms with Crippen LogP contribution in [0.5, 0.6) is 0 Å². The Bertz CT molecular complexity index is 275. The quantitative estimate of drug-likeness (QED) is 0.400. The highest BCUT2D eigenvalue weighted by atomic mass is 35.5. The second-order valence-corrected chi connectivity index (χ2v) is 4.23. The lowest BCUT2D eigenvalue weighted by atomic mass is 9.95. The van der Waals surface area contributed by atoms with Crippen LogP contribution in [0.25, 0.3) is 0 Å². The van der Waals surface area contributed by atoms with Gasteiger partial charge in [-0.15, -0.1) is 11.6 Å². The molecule has 0 saturated carbocycles. The zero-order valence-electron chi connectivity index (χ0n) is 10.0. The van der Waals surface area contributed by atoms with Crippen molar-refractivity contribution < 1.29 is 23.8 Å². The zero-order valence-corrected chi connectivity index (χ0v) is 10.8. The molecule has 0 atom stereocenters. The molecule has 17 heavy (non-hydrogen) atoms. The second-order valence-electron chi connectivity index (χ2n) is 3.85. The molecule has 0 fully saturated rings. The van der Waals surface area contributed by atoms with Crippen molar-refractivity contribution in [3.8, 4) is 0 Å². The average Bonchev–Trinajstić information content (AvgIpc) is 2.30. The van der Waals surface area contributed by atoms with Crippen LogP contribution >= 0.6 is 11.6 Å². The summed E-state index contributed by atoms with van der Waals surface area (Å²) in [5.41, 5.74) is -0.928. The van der Waals surface area contributed by atoms with Crippen molar-refractivity contribution in [2.75, 3.05) is 25.7 Å². The first-order valence-corrected chi connectivity index (χ1v) is 5.61. The number of hydrogen-bond acceptors (Lipinski definition) is 5. The standard InChI is InChI=1S/C11H17ClO5/c1-4-6-15-9(13)11(2,3)8-17-10(14)16-7-5-12/h4H,1,5-8H2,2-3H3. The molecule has 98 valence electrons. The molecule has 0 aromatic rings. The maximum absolute atomic E-state index is 11.5. The molecule has 0 aromatic carbocycles. The lowest BCUT2D eigenvalue weighted by Gasteiger charge is -2.21. The zero-order chi connectivity index (χ0) is 13.3. The van der Waals surface area contributed by atoms with Gasteiger partial charge in [-0.1, -0.05) is 12.7 Å². The summed E-state index contributed by atoms with van der Waals surface area (Å²) in [5.74, 6) is -0.276. The topological polar surface area (TPSA) is 61.8 Å². The fourth-order valence-electron chi connectivity index (χ4n) is 0.792. The van der Waals surface area contributed by atoms with E-state index in [1.165, 1.54) is 6.08 Å². The Balaban J connectivity index is 4.02. The molecular weight excluding hydrogens is 248 g/mol. The number of ether oxygens (including phenoxy) is 3. The highest BCUT2D eigenvalue weighted by Crippen LogP contribution is 2.18. The number of rotatable bonds is 7. The van der Waals surface area contributed by atoms with Crippen LogP contribution in [0, 0.1) is 5.41 Å². The van der Waals surface area contributed by atoms with Crippen molar-refractivity contribution in [3.63, 3.8) is 0 Å². The minimum Gasteiger partial charge on any atom is -0.461 e. The largest absolute Gasteiger partial charge is 0.508 e. The molecule has 0 rings (SSSR count). The van der Waals surface area contributed by atoms with E-state index < -0.39 is 17.5 Å². The van der Waals surface area contributed by atoms with Gasteiger partial charge in [0, 0.05) is 0 Å². The summed E-state index contributed by atoms with van der Waals surface area (Å²) >= 11 is 5.33. The second kappa shape index (κ2) is 7.95. The molecule has 0 bridgehead atoms. The smallest absolute Gasteiger partial charge is 0.461 e. The van der Waals surface area contributed by atoms with E-state index in [1.807, 2.05) is 0 Å². The molecular formula is C11H17ClO5. The summed E-state index contributed by atoms with van der Waals surface area (Å²) in [6.07, 6.45) is 0.610. The Morgan fingerprint density at radius 2 is 1.94 bits per heavy atom. The summed E-state index contributed by atoms with van der Waals surface area (Å²) in [6, 6.07) is 0. The molecule has 0 saturated heterocycles. The van der Waals surface area contributed by atoms with E-state index >= 15 is 0 Å². The molecule has 0 aliphatic rings. The van der Waals surface area contributed by atoms with E-state index in [9.17, 15) is 9.59 Å². The van der Waals surface area contributed by atoms with Crippen LogP contribution in [0.1, 0.15) is 13.8 Å². The third kappa shape index (κ3) is 6.84. The third-order valence-electron chi connectivity index (χ3n) is 1.73. The van der Waals surface area contributed by atoms with Crippen molar-refractivity contribution in [3.05, 3.63) is 12.7 Å². The van der Waals surface area contributed by atoms with E-state index in [1.54, 1.807) is 13.8 Å². The highest BCUT2D eigenvalue weighted by molar-refractivity contribution is 6.18. The van der Waals surface area contributed by atoms with E-state index in [2.05, 4.69) is 11.3 Å². The maximum Gasteiger partial charge on any atom is 0.508 e. The van der Waals surface area contributed by atoms with Gasteiger partial charge in [-0.3, -0.25) is 4.79 Å². The van der Waals surface area contributed by atoms with E-state index in [4.69, 9.17) is 21.1 Å². The normalized spacial score (nSPS) is 10.5. The maximum atomic E-state index is 11.5. The van der Waals surface area contributed by atoms with Crippen molar-refractivity contribution in [1.82, 2.24) is 0 Å². The first kappa shape index (κ1) is 15.8. The Kier molecular flexibility index (Phi) is 7.37. The van der Waals surface area contributed by atoms with E-state index in [0.717, 1.165) is 0 Å². The molecule has 5 nitrogen and oxygen atoms in total. The molecule has 0 N–H and O–H groups in total. The monoisotopic (exact) mass is 264 g/mol. The van der Waals surface area contributed by atoms with Crippen LogP contribution in [0.2, 0.25) is 0 Å². The van der Waals surface area contributed by atoms with Gasteiger partial charge in [0.05, 0.1) is 11.3 Å². The van der Waals surface area contributed by atoms with Gasteiger partial charge < -0.3 is 14.2 Å². The SMILES string of the molecule is C=CCOC(=O)C(C)(C)COC(=O)OCCCl. The van der Waals surface area contributed by atoms with Gasteiger partial charge in [-0.25, -0.2) is 4.79 Å². The van der Waals surface area contributed by atoms with Crippen molar-refractivity contribution in [1.29, 1.82) is 0 Å². The third-order valence-corrected chi connectivity index (χ3v) is 1.89. The fraction of sp³-hybridized carbons (Fsp3) is 0.636. The van der Waals surface area contributed by atoms with Gasteiger partial charge in [0.15, 0.2) is 0 Å². The van der Waals surface area contributed by atoms with Gasteiger partial charge >= 0.3 is 12.1 Å². The Labute approximate surface area is 106 Å². The van der Waals surface area contributed by atoms with Crippen LogP contribution < -0.4 is 0 Å².